The minimum atomic E-state index is -1.01. The van der Waals surface area contributed by atoms with Crippen molar-refractivity contribution >= 4 is 11.9 Å². The highest BCUT2D eigenvalue weighted by atomic mass is 16.5. The Kier molecular flexibility index (Phi) is 7.35. The number of hydrogen-bond acceptors (Lipinski definition) is 3. The van der Waals surface area contributed by atoms with Crippen LogP contribution in [0.5, 0.6) is 0 Å². The van der Waals surface area contributed by atoms with Crippen molar-refractivity contribution in [3.63, 3.8) is 0 Å². The van der Waals surface area contributed by atoms with Gasteiger partial charge < -0.3 is 15.2 Å². The Morgan fingerprint density at radius 2 is 2.00 bits per heavy atom. The number of amides is 1. The Hall–Kier alpha value is -1.88. The summed E-state index contributed by atoms with van der Waals surface area (Å²) in [5.74, 6) is -0.845. The molecule has 1 rings (SSSR count). The van der Waals surface area contributed by atoms with E-state index in [4.69, 9.17) is 9.84 Å². The maximum absolute atomic E-state index is 11.8. The van der Waals surface area contributed by atoms with E-state index in [1.54, 1.807) is 0 Å². The summed E-state index contributed by atoms with van der Waals surface area (Å²) in [7, 11) is 0. The van der Waals surface area contributed by atoms with Crippen molar-refractivity contribution in [3.8, 4) is 0 Å². The zero-order valence-corrected chi connectivity index (χ0v) is 11.7. The van der Waals surface area contributed by atoms with E-state index in [-0.39, 0.29) is 25.0 Å². The van der Waals surface area contributed by atoms with E-state index in [0.29, 0.717) is 13.0 Å². The molecule has 1 unspecified atom stereocenters. The van der Waals surface area contributed by atoms with Crippen molar-refractivity contribution in [3.05, 3.63) is 35.9 Å². The molecule has 1 amide bonds. The zero-order chi connectivity index (χ0) is 14.8. The second-order valence-electron chi connectivity index (χ2n) is 4.52. The number of hydrogen-bond donors (Lipinski definition) is 2. The first-order valence-corrected chi connectivity index (χ1v) is 6.74. The third kappa shape index (κ3) is 6.33. The average molecular weight is 279 g/mol. The molecule has 1 aromatic carbocycles. The highest BCUT2D eigenvalue weighted by Crippen LogP contribution is 2.22. The molecule has 0 aliphatic carbocycles. The van der Waals surface area contributed by atoms with Gasteiger partial charge in [-0.15, -0.1) is 0 Å². The van der Waals surface area contributed by atoms with Crippen LogP contribution in [-0.2, 0) is 14.3 Å². The van der Waals surface area contributed by atoms with Crippen LogP contribution in [0.4, 0.5) is 0 Å². The van der Waals surface area contributed by atoms with Crippen molar-refractivity contribution in [1.82, 2.24) is 5.32 Å². The number of carboxylic acids is 1. The van der Waals surface area contributed by atoms with Gasteiger partial charge in [-0.25, -0.2) is 4.79 Å². The molecule has 5 heteroatoms. The van der Waals surface area contributed by atoms with Gasteiger partial charge in [-0.2, -0.15) is 0 Å². The molecule has 0 radical (unpaired) electrons. The lowest BCUT2D eigenvalue weighted by atomic mass is 9.93. The highest BCUT2D eigenvalue weighted by Gasteiger charge is 2.13. The molecule has 110 valence electrons. The zero-order valence-electron chi connectivity index (χ0n) is 11.7. The van der Waals surface area contributed by atoms with Crippen LogP contribution in [0.3, 0.4) is 0 Å². The molecule has 5 nitrogen and oxygen atoms in total. The Morgan fingerprint density at radius 1 is 1.30 bits per heavy atom. The SMILES string of the molecule is CCC(CC(=O)NCCOCC(=O)O)c1ccccc1. The van der Waals surface area contributed by atoms with Gasteiger partial charge in [-0.3, -0.25) is 4.79 Å². The first-order chi connectivity index (χ1) is 9.63. The van der Waals surface area contributed by atoms with Crippen LogP contribution in [-0.4, -0.2) is 36.7 Å². The molecule has 0 aliphatic rings. The Bertz CT molecular complexity index is 419. The summed E-state index contributed by atoms with van der Waals surface area (Å²) in [6.45, 7) is 2.26. The van der Waals surface area contributed by atoms with Gasteiger partial charge in [0, 0.05) is 13.0 Å². The number of carbonyl (C=O) groups excluding carboxylic acids is 1. The predicted octanol–water partition coefficient (Wildman–Crippen LogP) is 1.79. The second-order valence-corrected chi connectivity index (χ2v) is 4.52. The van der Waals surface area contributed by atoms with Crippen molar-refractivity contribution in [2.75, 3.05) is 19.8 Å². The van der Waals surface area contributed by atoms with Crippen LogP contribution in [0.15, 0.2) is 30.3 Å². The fourth-order valence-corrected chi connectivity index (χ4v) is 1.94. The summed E-state index contributed by atoms with van der Waals surface area (Å²) in [6, 6.07) is 9.94. The summed E-state index contributed by atoms with van der Waals surface area (Å²) < 4.78 is 4.85. The highest BCUT2D eigenvalue weighted by molar-refractivity contribution is 5.76. The van der Waals surface area contributed by atoms with Gasteiger partial charge in [0.2, 0.25) is 5.91 Å². The lowest BCUT2D eigenvalue weighted by Crippen LogP contribution is -2.29. The van der Waals surface area contributed by atoms with Gasteiger partial charge in [0.15, 0.2) is 0 Å². The Balaban J connectivity index is 2.28. The molecule has 20 heavy (non-hydrogen) atoms. The molecule has 2 N–H and O–H groups in total. The molecule has 0 spiro atoms. The molecule has 0 bridgehead atoms. The summed E-state index contributed by atoms with van der Waals surface area (Å²) >= 11 is 0. The standard InChI is InChI=1S/C15H21NO4/c1-2-12(13-6-4-3-5-7-13)10-14(17)16-8-9-20-11-15(18)19/h3-7,12H,2,8-11H2,1H3,(H,16,17)(H,18,19). The topological polar surface area (TPSA) is 75.6 Å². The molecule has 0 heterocycles. The molecular formula is C15H21NO4. The number of benzene rings is 1. The normalized spacial score (nSPS) is 11.8. The van der Waals surface area contributed by atoms with E-state index in [0.717, 1.165) is 12.0 Å². The molecule has 0 aliphatic heterocycles. The van der Waals surface area contributed by atoms with Crippen molar-refractivity contribution in [1.29, 1.82) is 0 Å². The second kappa shape index (κ2) is 9.09. The van der Waals surface area contributed by atoms with Crippen LogP contribution >= 0.6 is 0 Å². The third-order valence-electron chi connectivity index (χ3n) is 2.99. The maximum atomic E-state index is 11.8. The van der Waals surface area contributed by atoms with Gasteiger partial charge in [0.05, 0.1) is 6.61 Å². The summed E-state index contributed by atoms with van der Waals surface area (Å²) in [6.07, 6.45) is 1.33. The van der Waals surface area contributed by atoms with Crippen LogP contribution in [0.2, 0.25) is 0 Å². The fourth-order valence-electron chi connectivity index (χ4n) is 1.94. The lowest BCUT2D eigenvalue weighted by molar-refractivity contribution is -0.142. The molecule has 1 atom stereocenters. The maximum Gasteiger partial charge on any atom is 0.329 e. The predicted molar refractivity (Wildman–Crippen MR) is 75.6 cm³/mol. The average Bonchev–Trinajstić information content (AvgIpc) is 2.45. The number of carboxylic acid groups (broad SMARTS) is 1. The van der Waals surface area contributed by atoms with Crippen LogP contribution in [0.25, 0.3) is 0 Å². The van der Waals surface area contributed by atoms with Crippen molar-refractivity contribution in [2.24, 2.45) is 0 Å². The van der Waals surface area contributed by atoms with E-state index < -0.39 is 5.97 Å². The first kappa shape index (κ1) is 16.2. The summed E-state index contributed by atoms with van der Waals surface area (Å²) in [5.41, 5.74) is 1.16. The number of nitrogens with one attached hydrogen (secondary N) is 1. The molecular weight excluding hydrogens is 258 g/mol. The van der Waals surface area contributed by atoms with Crippen molar-refractivity contribution in [2.45, 2.75) is 25.7 Å². The van der Waals surface area contributed by atoms with E-state index >= 15 is 0 Å². The summed E-state index contributed by atoms with van der Waals surface area (Å²) in [4.78, 5) is 22.0. The fraction of sp³-hybridized carbons (Fsp3) is 0.467. The van der Waals surface area contributed by atoms with Gasteiger partial charge in [0.1, 0.15) is 6.61 Å². The van der Waals surface area contributed by atoms with Gasteiger partial charge in [0.25, 0.3) is 0 Å². The number of aliphatic carboxylic acids is 1. The summed E-state index contributed by atoms with van der Waals surface area (Å²) in [5, 5.41) is 11.1. The van der Waals surface area contributed by atoms with Gasteiger partial charge in [-0.1, -0.05) is 37.3 Å². The molecule has 0 saturated carbocycles. The quantitative estimate of drug-likeness (QED) is 0.676. The molecule has 0 saturated heterocycles. The van der Waals surface area contributed by atoms with E-state index in [2.05, 4.69) is 12.2 Å². The van der Waals surface area contributed by atoms with Crippen molar-refractivity contribution < 1.29 is 19.4 Å². The van der Waals surface area contributed by atoms with Crippen LogP contribution in [0, 0.1) is 0 Å². The molecule has 0 aromatic heterocycles. The minimum Gasteiger partial charge on any atom is -0.480 e. The molecule has 0 fully saturated rings. The monoisotopic (exact) mass is 279 g/mol. The van der Waals surface area contributed by atoms with Gasteiger partial charge >= 0.3 is 5.97 Å². The van der Waals surface area contributed by atoms with Crippen LogP contribution in [0.1, 0.15) is 31.2 Å². The minimum absolute atomic E-state index is 0.0420. The number of rotatable bonds is 9. The van der Waals surface area contributed by atoms with Gasteiger partial charge in [-0.05, 0) is 17.9 Å². The first-order valence-electron chi connectivity index (χ1n) is 6.74. The van der Waals surface area contributed by atoms with Crippen LogP contribution < -0.4 is 5.32 Å². The Labute approximate surface area is 118 Å². The smallest absolute Gasteiger partial charge is 0.329 e. The largest absolute Gasteiger partial charge is 0.480 e. The van der Waals surface area contributed by atoms with E-state index in [9.17, 15) is 9.59 Å². The Morgan fingerprint density at radius 3 is 2.60 bits per heavy atom. The lowest BCUT2D eigenvalue weighted by Gasteiger charge is -2.15. The van der Waals surface area contributed by atoms with E-state index in [1.807, 2.05) is 30.3 Å². The third-order valence-corrected chi connectivity index (χ3v) is 2.99. The number of ether oxygens (including phenoxy) is 1. The number of carbonyl (C=O) groups is 2. The van der Waals surface area contributed by atoms with E-state index in [1.165, 1.54) is 0 Å². The molecule has 1 aromatic rings.